The predicted molar refractivity (Wildman–Crippen MR) is 172 cm³/mol. The third-order valence-corrected chi connectivity index (χ3v) is 9.01. The fourth-order valence-corrected chi connectivity index (χ4v) is 6.20. The Morgan fingerprint density at radius 2 is 1.62 bits per heavy atom. The van der Waals surface area contributed by atoms with E-state index in [1.165, 1.54) is 32.2 Å². The summed E-state index contributed by atoms with van der Waals surface area (Å²) in [6.45, 7) is 1.74. The molecule has 292 valence electrons. The van der Waals surface area contributed by atoms with Crippen LogP contribution in [-0.2, 0) is 28.5 Å². The Kier molecular flexibility index (Phi) is 12.0. The number of aliphatic hydroxyl groups excluding tert-OH is 5. The summed E-state index contributed by atoms with van der Waals surface area (Å²) >= 11 is 0. The highest BCUT2D eigenvalue weighted by Gasteiger charge is 2.51. The highest BCUT2D eigenvalue weighted by Crippen LogP contribution is 2.44. The second kappa shape index (κ2) is 16.0. The van der Waals surface area contributed by atoms with E-state index in [2.05, 4.69) is 0 Å². The van der Waals surface area contributed by atoms with Gasteiger partial charge in [-0.2, -0.15) is 0 Å². The highest BCUT2D eigenvalue weighted by molar-refractivity contribution is 6.02. The second-order valence-corrected chi connectivity index (χ2v) is 13.3. The molecule has 0 spiro atoms. The van der Waals surface area contributed by atoms with Crippen LogP contribution in [0.25, 0.3) is 0 Å². The number of ketones is 1. The first kappa shape index (κ1) is 39.9. The molecular weight excluding hydrogens is 712 g/mol. The summed E-state index contributed by atoms with van der Waals surface area (Å²) in [6, 6.07) is 6.65. The molecule has 2 aromatic rings. The number of rotatable bonds is 12. The number of methoxy groups -OCH3 is 1. The van der Waals surface area contributed by atoms with Crippen molar-refractivity contribution in [3.63, 3.8) is 0 Å². The van der Waals surface area contributed by atoms with E-state index in [0.717, 1.165) is 13.0 Å². The summed E-state index contributed by atoms with van der Waals surface area (Å²) in [5, 5.41) is 93.6. The molecule has 3 aliphatic rings. The van der Waals surface area contributed by atoms with Gasteiger partial charge in [0.1, 0.15) is 72.1 Å². The van der Waals surface area contributed by atoms with Gasteiger partial charge in [0.2, 0.25) is 6.29 Å². The number of ether oxygens (including phenoxy) is 7. The van der Waals surface area contributed by atoms with E-state index in [4.69, 9.17) is 38.3 Å². The van der Waals surface area contributed by atoms with Crippen molar-refractivity contribution in [2.75, 3.05) is 13.7 Å². The van der Waals surface area contributed by atoms with Gasteiger partial charge in [-0.25, -0.2) is 0 Å². The van der Waals surface area contributed by atoms with E-state index in [1.807, 2.05) is 0 Å². The number of aromatic hydroxyl groups is 2. The Morgan fingerprint density at radius 1 is 0.906 bits per heavy atom. The van der Waals surface area contributed by atoms with Gasteiger partial charge in [0.05, 0.1) is 38.1 Å². The maximum atomic E-state index is 13.1. The van der Waals surface area contributed by atoms with Gasteiger partial charge in [-0.1, -0.05) is 6.07 Å². The highest BCUT2D eigenvalue weighted by atomic mass is 16.8. The minimum absolute atomic E-state index is 0.138. The summed E-state index contributed by atoms with van der Waals surface area (Å²) in [6.07, 6.45) is -19.4. The standard InChI is InChI=1S/C34H42O19/c1-13-26(41)28(43)30(45)32(49-13)53-31-29(44)27(42)22(12-48-24(40)11-34(2,46)10-23(38)39)52-33(31)50-15-7-17(36)25-18(37)9-20(51-21(25)8-15)14-4-5-19(47-3)16(35)6-14/h4-8,13,20,22,26-33,35-36,41-46H,9-12H2,1-3H3,(H,38,39). The van der Waals surface area contributed by atoms with E-state index in [9.17, 15) is 55.2 Å². The zero-order valence-corrected chi connectivity index (χ0v) is 28.7. The van der Waals surface area contributed by atoms with Gasteiger partial charge < -0.3 is 79.1 Å². The number of hydrogen-bond donors (Lipinski definition) is 9. The molecule has 9 N–H and O–H groups in total. The smallest absolute Gasteiger partial charge is 0.308 e. The second-order valence-electron chi connectivity index (χ2n) is 13.3. The van der Waals surface area contributed by atoms with Crippen LogP contribution < -0.4 is 14.2 Å². The molecule has 5 rings (SSSR count). The van der Waals surface area contributed by atoms with Crippen LogP contribution in [0.3, 0.4) is 0 Å². The van der Waals surface area contributed by atoms with E-state index >= 15 is 0 Å². The molecule has 0 aromatic heterocycles. The van der Waals surface area contributed by atoms with Gasteiger partial charge in [-0.15, -0.1) is 0 Å². The number of carbonyl (C=O) groups excluding carboxylic acids is 2. The average molecular weight is 755 g/mol. The zero-order chi connectivity index (χ0) is 38.9. The SMILES string of the molecule is COc1ccc(C2CC(=O)c3c(O)cc(OC4OC(COC(=O)CC(C)(O)CC(=O)O)C(O)C(O)C4OC4OC(C)C(O)C(O)C4O)cc3O2)cc1O. The molecule has 53 heavy (non-hydrogen) atoms. The van der Waals surface area contributed by atoms with Gasteiger partial charge in [0.15, 0.2) is 29.7 Å². The molecule has 12 unspecified atom stereocenters. The summed E-state index contributed by atoms with van der Waals surface area (Å²) in [5.41, 5.74) is -1.74. The minimum Gasteiger partial charge on any atom is -0.507 e. The number of fused-ring (bicyclic) bond motifs is 1. The first-order valence-corrected chi connectivity index (χ1v) is 16.5. The van der Waals surface area contributed by atoms with Crippen LogP contribution in [0.5, 0.6) is 28.7 Å². The molecule has 3 heterocycles. The van der Waals surface area contributed by atoms with Gasteiger partial charge in [0.25, 0.3) is 0 Å². The van der Waals surface area contributed by atoms with Crippen LogP contribution in [0.15, 0.2) is 30.3 Å². The Balaban J connectivity index is 1.40. The molecule has 0 saturated carbocycles. The van der Waals surface area contributed by atoms with Crippen molar-refractivity contribution in [2.24, 2.45) is 0 Å². The lowest BCUT2D eigenvalue weighted by atomic mass is 9.95. The molecule has 2 aromatic carbocycles. The van der Waals surface area contributed by atoms with Crippen molar-refractivity contribution in [1.29, 1.82) is 0 Å². The first-order chi connectivity index (χ1) is 24.9. The Labute approximate surface area is 301 Å². The van der Waals surface area contributed by atoms with Crippen LogP contribution in [0.4, 0.5) is 0 Å². The van der Waals surface area contributed by atoms with Crippen molar-refractivity contribution in [1.82, 2.24) is 0 Å². The Hall–Kier alpha value is -4.31. The molecule has 19 heteroatoms. The first-order valence-electron chi connectivity index (χ1n) is 16.5. The number of phenols is 2. The van der Waals surface area contributed by atoms with Crippen molar-refractivity contribution >= 4 is 17.7 Å². The van der Waals surface area contributed by atoms with Gasteiger partial charge in [0, 0.05) is 12.1 Å². The van der Waals surface area contributed by atoms with Crippen LogP contribution in [0.1, 0.15) is 55.1 Å². The summed E-state index contributed by atoms with van der Waals surface area (Å²) in [4.78, 5) is 36.6. The third kappa shape index (κ3) is 8.91. The van der Waals surface area contributed by atoms with Crippen LogP contribution >= 0.6 is 0 Å². The lowest BCUT2D eigenvalue weighted by molar-refractivity contribution is -0.354. The number of aliphatic carboxylic acids is 1. The molecule has 2 saturated heterocycles. The number of hydrogen-bond acceptors (Lipinski definition) is 18. The molecular formula is C34H42O19. The van der Waals surface area contributed by atoms with Gasteiger partial charge in [-0.05, 0) is 31.5 Å². The third-order valence-electron chi connectivity index (χ3n) is 9.01. The quantitative estimate of drug-likeness (QED) is 0.118. The number of carboxylic acid groups (broad SMARTS) is 1. The number of aliphatic hydroxyl groups is 6. The topological polar surface area (TPSA) is 298 Å². The lowest BCUT2D eigenvalue weighted by Crippen LogP contribution is -2.64. The van der Waals surface area contributed by atoms with E-state index in [0.29, 0.717) is 5.56 Å². The molecule has 0 amide bonds. The Bertz CT molecular complexity index is 1660. The minimum atomic E-state index is -1.97. The summed E-state index contributed by atoms with van der Waals surface area (Å²) < 4.78 is 39.2. The van der Waals surface area contributed by atoms with Crippen molar-refractivity contribution in [2.45, 2.75) is 106 Å². The van der Waals surface area contributed by atoms with E-state index in [-0.39, 0.29) is 35.0 Å². The van der Waals surface area contributed by atoms with Gasteiger partial charge in [-0.3, -0.25) is 14.4 Å². The molecule has 0 bridgehead atoms. The van der Waals surface area contributed by atoms with Crippen molar-refractivity contribution in [3.05, 3.63) is 41.5 Å². The number of esters is 1. The monoisotopic (exact) mass is 754 g/mol. The zero-order valence-electron chi connectivity index (χ0n) is 28.7. The molecule has 2 fully saturated rings. The number of benzene rings is 2. The molecule has 0 aliphatic carbocycles. The fraction of sp³-hybridized carbons (Fsp3) is 0.559. The average Bonchev–Trinajstić information content (AvgIpc) is 3.07. The number of carbonyl (C=O) groups is 3. The maximum Gasteiger partial charge on any atom is 0.308 e. The fourth-order valence-electron chi connectivity index (χ4n) is 6.20. The van der Waals surface area contributed by atoms with Crippen molar-refractivity contribution < 1.29 is 93.5 Å². The molecule has 12 atom stereocenters. The Morgan fingerprint density at radius 3 is 2.28 bits per heavy atom. The molecule has 0 radical (unpaired) electrons. The van der Waals surface area contributed by atoms with E-state index < -0.39 is 116 Å². The maximum absolute atomic E-state index is 13.1. The van der Waals surface area contributed by atoms with E-state index in [1.54, 1.807) is 6.07 Å². The summed E-state index contributed by atoms with van der Waals surface area (Å²) in [7, 11) is 1.37. The molecule has 19 nitrogen and oxygen atoms in total. The summed E-state index contributed by atoms with van der Waals surface area (Å²) in [5.74, 6) is -3.91. The largest absolute Gasteiger partial charge is 0.507 e. The lowest BCUT2D eigenvalue weighted by Gasteiger charge is -2.45. The van der Waals surface area contributed by atoms with Crippen LogP contribution in [0, 0.1) is 0 Å². The number of phenolic OH excluding ortho intramolecular Hbond substituents is 2. The normalized spacial score (nSPS) is 32.5. The van der Waals surface area contributed by atoms with Crippen LogP contribution in [0.2, 0.25) is 0 Å². The number of carboxylic acids is 1. The van der Waals surface area contributed by atoms with Crippen molar-refractivity contribution in [3.8, 4) is 28.7 Å². The van der Waals surface area contributed by atoms with Crippen LogP contribution in [-0.4, -0.2) is 144 Å². The number of Topliss-reactive ketones (excluding diaryl/α,β-unsaturated/α-hetero) is 1. The predicted octanol–water partition coefficient (Wildman–Crippen LogP) is -0.990. The van der Waals surface area contributed by atoms with Gasteiger partial charge >= 0.3 is 11.9 Å². The molecule has 3 aliphatic heterocycles.